The first-order chi connectivity index (χ1) is 8.65. The Morgan fingerprint density at radius 2 is 1.67 bits per heavy atom. The Labute approximate surface area is 116 Å². The SMILES string of the molecule is CC1=Cc2cc(Br)ccc2C1c1ccc(C)cc1. The van der Waals surface area contributed by atoms with Gasteiger partial charge in [-0.25, -0.2) is 0 Å². The molecule has 0 amide bonds. The molecular formula is C17H15Br. The summed E-state index contributed by atoms with van der Waals surface area (Å²) in [6.45, 7) is 4.35. The molecule has 1 heteroatoms. The van der Waals surface area contributed by atoms with Crippen LogP contribution in [0.5, 0.6) is 0 Å². The van der Waals surface area contributed by atoms with E-state index in [-0.39, 0.29) is 0 Å². The Hall–Kier alpha value is -1.34. The fourth-order valence-corrected chi connectivity index (χ4v) is 3.09. The highest BCUT2D eigenvalue weighted by Gasteiger charge is 2.23. The van der Waals surface area contributed by atoms with E-state index >= 15 is 0 Å². The highest BCUT2D eigenvalue weighted by atomic mass is 79.9. The van der Waals surface area contributed by atoms with E-state index in [1.165, 1.54) is 27.8 Å². The minimum Gasteiger partial charge on any atom is -0.0608 e. The molecule has 1 unspecified atom stereocenters. The van der Waals surface area contributed by atoms with Crippen LogP contribution in [-0.4, -0.2) is 0 Å². The molecule has 0 aromatic heterocycles. The van der Waals surface area contributed by atoms with Crippen molar-refractivity contribution in [3.05, 3.63) is 74.8 Å². The van der Waals surface area contributed by atoms with Gasteiger partial charge in [-0.2, -0.15) is 0 Å². The van der Waals surface area contributed by atoms with Crippen molar-refractivity contribution in [2.45, 2.75) is 19.8 Å². The van der Waals surface area contributed by atoms with Crippen molar-refractivity contribution in [1.29, 1.82) is 0 Å². The van der Waals surface area contributed by atoms with Crippen LogP contribution in [0.4, 0.5) is 0 Å². The summed E-state index contributed by atoms with van der Waals surface area (Å²) in [5.41, 5.74) is 6.88. The van der Waals surface area contributed by atoms with Gasteiger partial charge in [-0.05, 0) is 42.7 Å². The lowest BCUT2D eigenvalue weighted by Crippen LogP contribution is -1.99. The summed E-state index contributed by atoms with van der Waals surface area (Å²) in [5, 5.41) is 0. The molecule has 0 heterocycles. The monoisotopic (exact) mass is 298 g/mol. The molecule has 0 saturated heterocycles. The second-order valence-electron chi connectivity index (χ2n) is 5.01. The summed E-state index contributed by atoms with van der Waals surface area (Å²) in [5.74, 6) is 0.425. The van der Waals surface area contributed by atoms with Gasteiger partial charge in [0.25, 0.3) is 0 Å². The van der Waals surface area contributed by atoms with Gasteiger partial charge in [0.15, 0.2) is 0 Å². The van der Waals surface area contributed by atoms with Crippen molar-refractivity contribution in [1.82, 2.24) is 0 Å². The minimum absolute atomic E-state index is 0.425. The molecule has 0 saturated carbocycles. The van der Waals surface area contributed by atoms with E-state index < -0.39 is 0 Å². The van der Waals surface area contributed by atoms with Crippen molar-refractivity contribution >= 4 is 22.0 Å². The molecule has 0 spiro atoms. The first-order valence-electron chi connectivity index (χ1n) is 6.19. The van der Waals surface area contributed by atoms with Crippen molar-refractivity contribution in [3.63, 3.8) is 0 Å². The molecule has 1 aliphatic rings. The zero-order chi connectivity index (χ0) is 12.7. The first kappa shape index (κ1) is 11.7. The first-order valence-corrected chi connectivity index (χ1v) is 6.98. The van der Waals surface area contributed by atoms with E-state index in [1.54, 1.807) is 0 Å². The Balaban J connectivity index is 2.10. The highest BCUT2D eigenvalue weighted by Crippen LogP contribution is 2.41. The largest absolute Gasteiger partial charge is 0.0608 e. The average Bonchev–Trinajstić information content (AvgIpc) is 2.65. The summed E-state index contributed by atoms with van der Waals surface area (Å²) >= 11 is 3.54. The average molecular weight is 299 g/mol. The predicted molar refractivity (Wildman–Crippen MR) is 80.8 cm³/mol. The van der Waals surface area contributed by atoms with Crippen LogP contribution in [-0.2, 0) is 0 Å². The van der Waals surface area contributed by atoms with Gasteiger partial charge < -0.3 is 0 Å². The van der Waals surface area contributed by atoms with Crippen molar-refractivity contribution in [2.75, 3.05) is 0 Å². The van der Waals surface area contributed by atoms with Gasteiger partial charge in [-0.1, -0.05) is 63.5 Å². The summed E-state index contributed by atoms with van der Waals surface area (Å²) in [6, 6.07) is 15.4. The van der Waals surface area contributed by atoms with Crippen molar-refractivity contribution in [3.8, 4) is 0 Å². The summed E-state index contributed by atoms with van der Waals surface area (Å²) < 4.78 is 1.15. The summed E-state index contributed by atoms with van der Waals surface area (Å²) in [6.07, 6.45) is 2.30. The van der Waals surface area contributed by atoms with Gasteiger partial charge in [0.05, 0.1) is 0 Å². The highest BCUT2D eigenvalue weighted by molar-refractivity contribution is 9.10. The summed E-state index contributed by atoms with van der Waals surface area (Å²) in [4.78, 5) is 0. The normalized spacial score (nSPS) is 17.5. The maximum Gasteiger partial charge on any atom is 0.0305 e. The van der Waals surface area contributed by atoms with E-state index in [1.807, 2.05) is 0 Å². The van der Waals surface area contributed by atoms with E-state index in [0.29, 0.717) is 5.92 Å². The van der Waals surface area contributed by atoms with Crippen LogP contribution in [0.1, 0.15) is 35.1 Å². The van der Waals surface area contributed by atoms with E-state index in [0.717, 1.165) is 4.47 Å². The van der Waals surface area contributed by atoms with Crippen molar-refractivity contribution < 1.29 is 0 Å². The standard InChI is InChI=1S/C17H15Br/c1-11-3-5-13(6-4-11)17-12(2)9-14-10-15(18)7-8-16(14)17/h3-10,17H,1-2H3. The fraction of sp³-hybridized carbons (Fsp3) is 0.176. The molecular weight excluding hydrogens is 284 g/mol. The number of halogens is 1. The minimum atomic E-state index is 0.425. The van der Waals surface area contributed by atoms with Crippen LogP contribution in [0.25, 0.3) is 6.08 Å². The van der Waals surface area contributed by atoms with Crippen LogP contribution >= 0.6 is 15.9 Å². The molecule has 1 atom stereocenters. The Morgan fingerprint density at radius 3 is 2.39 bits per heavy atom. The van der Waals surface area contributed by atoms with E-state index in [4.69, 9.17) is 0 Å². The third-order valence-corrected chi connectivity index (χ3v) is 4.10. The summed E-state index contributed by atoms with van der Waals surface area (Å²) in [7, 11) is 0. The van der Waals surface area contributed by atoms with Gasteiger partial charge in [0.2, 0.25) is 0 Å². The molecule has 0 nitrogen and oxygen atoms in total. The lowest BCUT2D eigenvalue weighted by Gasteiger charge is -2.15. The molecule has 2 aromatic rings. The molecule has 18 heavy (non-hydrogen) atoms. The third-order valence-electron chi connectivity index (χ3n) is 3.61. The van der Waals surface area contributed by atoms with Crippen LogP contribution in [0, 0.1) is 6.92 Å². The third kappa shape index (κ3) is 1.93. The van der Waals surface area contributed by atoms with Crippen LogP contribution in [0.15, 0.2) is 52.5 Å². The maximum atomic E-state index is 3.54. The molecule has 0 N–H and O–H groups in total. The molecule has 0 radical (unpaired) electrons. The Morgan fingerprint density at radius 1 is 0.944 bits per heavy atom. The van der Waals surface area contributed by atoms with E-state index in [2.05, 4.69) is 78.3 Å². The Kier molecular flexibility index (Phi) is 2.87. The molecule has 0 aliphatic heterocycles. The van der Waals surface area contributed by atoms with Gasteiger partial charge in [0.1, 0.15) is 0 Å². The zero-order valence-corrected chi connectivity index (χ0v) is 12.2. The topological polar surface area (TPSA) is 0 Å². The predicted octanol–water partition coefficient (Wildman–Crippen LogP) is 5.31. The van der Waals surface area contributed by atoms with E-state index in [9.17, 15) is 0 Å². The maximum absolute atomic E-state index is 3.54. The lowest BCUT2D eigenvalue weighted by atomic mass is 9.89. The van der Waals surface area contributed by atoms with Gasteiger partial charge in [0, 0.05) is 10.4 Å². The number of rotatable bonds is 1. The van der Waals surface area contributed by atoms with Crippen LogP contribution in [0.3, 0.4) is 0 Å². The zero-order valence-electron chi connectivity index (χ0n) is 10.6. The van der Waals surface area contributed by atoms with Gasteiger partial charge in [-0.3, -0.25) is 0 Å². The molecule has 2 aromatic carbocycles. The molecule has 90 valence electrons. The number of benzene rings is 2. The molecule has 1 aliphatic carbocycles. The van der Waals surface area contributed by atoms with Crippen molar-refractivity contribution in [2.24, 2.45) is 0 Å². The number of allylic oxidation sites excluding steroid dienone is 1. The molecule has 0 bridgehead atoms. The lowest BCUT2D eigenvalue weighted by molar-refractivity contribution is 0.975. The smallest absolute Gasteiger partial charge is 0.0305 e. The van der Waals surface area contributed by atoms with Crippen LogP contribution in [0.2, 0.25) is 0 Å². The fourth-order valence-electron chi connectivity index (χ4n) is 2.71. The quantitative estimate of drug-likeness (QED) is 0.669. The number of hydrogen-bond donors (Lipinski definition) is 0. The number of hydrogen-bond acceptors (Lipinski definition) is 0. The second kappa shape index (κ2) is 4.40. The number of fused-ring (bicyclic) bond motifs is 1. The molecule has 3 rings (SSSR count). The van der Waals surface area contributed by atoms with Gasteiger partial charge >= 0.3 is 0 Å². The number of aryl methyl sites for hydroxylation is 1. The Bertz CT molecular complexity index is 621. The molecule has 0 fully saturated rings. The second-order valence-corrected chi connectivity index (χ2v) is 5.92. The van der Waals surface area contributed by atoms with Crippen LogP contribution < -0.4 is 0 Å². The van der Waals surface area contributed by atoms with Gasteiger partial charge in [-0.15, -0.1) is 0 Å².